The molecule has 0 spiro atoms. The molecule has 0 amide bonds. The van der Waals surface area contributed by atoms with Crippen LogP contribution in [0, 0.1) is 28.6 Å². The van der Waals surface area contributed by atoms with Crippen LogP contribution in [0.5, 0.6) is 17.2 Å². The van der Waals surface area contributed by atoms with Crippen LogP contribution in [0.2, 0.25) is 0 Å². The zero-order chi connectivity index (χ0) is 29.9. The first-order chi connectivity index (χ1) is 20.0. The smallest absolute Gasteiger partial charge is 0.331 e. The number of aliphatic imine (C=N–C) groups is 1. The van der Waals surface area contributed by atoms with Crippen LogP contribution in [0.15, 0.2) is 28.8 Å². The third-order valence-corrected chi connectivity index (χ3v) is 12.0. The van der Waals surface area contributed by atoms with E-state index in [2.05, 4.69) is 6.92 Å². The molecule has 4 fully saturated rings. The third-order valence-electron chi connectivity index (χ3n) is 12.0. The van der Waals surface area contributed by atoms with E-state index in [1.165, 1.54) is 0 Å². The average molecular weight is 584 g/mol. The highest BCUT2D eigenvalue weighted by Gasteiger charge is 2.71. The Bertz CT molecular complexity index is 1270. The molecule has 1 aromatic carbocycles. The van der Waals surface area contributed by atoms with Crippen molar-refractivity contribution in [3.8, 4) is 17.2 Å². The van der Waals surface area contributed by atoms with Crippen LogP contribution in [0.4, 0.5) is 0 Å². The molecule has 0 bridgehead atoms. The SMILES string of the molecule is COc1cc(CN=C[C@]23CC[C@@H](O)C[C@]2(O)CC[C@@H]2[C@@H]3CC[C@]3(C)[C@@H](C4=CC(=O)OC4)CC[C@@]23O)cc(OC)c1OC. The molecule has 4 aliphatic carbocycles. The number of benzene rings is 1. The van der Waals surface area contributed by atoms with Gasteiger partial charge in [-0.05, 0) is 92.4 Å². The minimum Gasteiger partial charge on any atom is -0.493 e. The standard InChI is InChI=1S/C33H45NO8/c1-30-9-6-24-25(33(30,38)12-8-23(30)21-15-28(36)42-18-21)7-11-32(37)16-22(35)5-10-31(24,32)19-34-17-20-13-26(39-2)29(41-4)27(14-20)40-3/h13-15,19,22-25,35,37-38H,5-12,16-18H2,1-4H3/t22-,23-,24+,25-,30-,31+,32-,33-/m1/s1. The highest BCUT2D eigenvalue weighted by molar-refractivity contribution is 5.85. The van der Waals surface area contributed by atoms with E-state index in [-0.39, 0.29) is 29.1 Å². The van der Waals surface area contributed by atoms with Crippen molar-refractivity contribution in [2.75, 3.05) is 27.9 Å². The lowest BCUT2D eigenvalue weighted by Crippen LogP contribution is -2.68. The average Bonchev–Trinajstić information content (AvgIpc) is 3.51. The summed E-state index contributed by atoms with van der Waals surface area (Å²) in [5.41, 5.74) is -1.14. The van der Waals surface area contributed by atoms with Gasteiger partial charge in [0.25, 0.3) is 0 Å². The number of aliphatic hydroxyl groups excluding tert-OH is 1. The Balaban J connectivity index is 1.34. The molecular formula is C33H45NO8. The van der Waals surface area contributed by atoms with Crippen LogP contribution < -0.4 is 14.2 Å². The molecule has 9 heteroatoms. The van der Waals surface area contributed by atoms with Crippen molar-refractivity contribution in [1.82, 2.24) is 0 Å². The van der Waals surface area contributed by atoms with Crippen LogP contribution in [0.25, 0.3) is 0 Å². The molecule has 1 aliphatic heterocycles. The second-order valence-corrected chi connectivity index (χ2v) is 13.5. The molecule has 1 aromatic rings. The molecule has 230 valence electrons. The summed E-state index contributed by atoms with van der Waals surface area (Å²) in [6.07, 6.45) is 8.92. The molecule has 6 rings (SSSR count). The number of rotatable bonds is 7. The van der Waals surface area contributed by atoms with E-state index in [0.717, 1.165) is 30.4 Å². The number of cyclic esters (lactones) is 1. The van der Waals surface area contributed by atoms with Gasteiger partial charge >= 0.3 is 5.97 Å². The minimum absolute atomic E-state index is 0.0111. The summed E-state index contributed by atoms with van der Waals surface area (Å²) in [6, 6.07) is 3.77. The minimum atomic E-state index is -1.10. The molecule has 0 aromatic heterocycles. The quantitative estimate of drug-likeness (QED) is 0.325. The van der Waals surface area contributed by atoms with Gasteiger partial charge in [-0.15, -0.1) is 0 Å². The number of esters is 1. The number of carbonyl (C=O) groups is 1. The molecule has 3 N–H and O–H groups in total. The predicted octanol–water partition coefficient (Wildman–Crippen LogP) is 4.00. The molecule has 9 nitrogen and oxygen atoms in total. The van der Waals surface area contributed by atoms with Gasteiger partial charge in [-0.1, -0.05) is 6.92 Å². The van der Waals surface area contributed by atoms with Crippen molar-refractivity contribution in [2.24, 2.45) is 33.6 Å². The van der Waals surface area contributed by atoms with Crippen molar-refractivity contribution < 1.29 is 39.1 Å². The number of hydrogen-bond donors (Lipinski definition) is 3. The van der Waals surface area contributed by atoms with Crippen LogP contribution in [-0.4, -0.2) is 72.7 Å². The monoisotopic (exact) mass is 583 g/mol. The summed E-state index contributed by atoms with van der Waals surface area (Å²) >= 11 is 0. The lowest BCUT2D eigenvalue weighted by Gasteiger charge is -2.65. The van der Waals surface area contributed by atoms with Crippen molar-refractivity contribution >= 4 is 12.2 Å². The number of aliphatic hydroxyl groups is 3. The lowest BCUT2D eigenvalue weighted by atomic mass is 9.41. The van der Waals surface area contributed by atoms with Gasteiger partial charge < -0.3 is 34.3 Å². The number of methoxy groups -OCH3 is 3. The van der Waals surface area contributed by atoms with Crippen molar-refractivity contribution in [3.05, 3.63) is 29.3 Å². The zero-order valence-electron chi connectivity index (χ0n) is 25.2. The van der Waals surface area contributed by atoms with E-state index < -0.39 is 22.7 Å². The van der Waals surface area contributed by atoms with Gasteiger partial charge in [-0.3, -0.25) is 4.99 Å². The fourth-order valence-electron chi connectivity index (χ4n) is 9.90. The normalized spacial score (nSPS) is 41.0. The molecule has 5 aliphatic rings. The van der Waals surface area contributed by atoms with E-state index >= 15 is 0 Å². The van der Waals surface area contributed by atoms with Crippen LogP contribution in [-0.2, 0) is 16.1 Å². The maximum Gasteiger partial charge on any atom is 0.331 e. The number of nitrogens with zero attached hydrogens (tertiary/aromatic N) is 1. The Morgan fingerprint density at radius 2 is 1.69 bits per heavy atom. The van der Waals surface area contributed by atoms with Crippen molar-refractivity contribution in [3.63, 3.8) is 0 Å². The van der Waals surface area contributed by atoms with Crippen LogP contribution >= 0.6 is 0 Å². The fourth-order valence-corrected chi connectivity index (χ4v) is 9.90. The summed E-state index contributed by atoms with van der Waals surface area (Å²) in [6.45, 7) is 2.88. The Morgan fingerprint density at radius 3 is 2.33 bits per heavy atom. The van der Waals surface area contributed by atoms with Gasteiger partial charge in [0.15, 0.2) is 11.5 Å². The maximum absolute atomic E-state index is 12.6. The number of hydrogen-bond acceptors (Lipinski definition) is 9. The Labute approximate surface area is 247 Å². The highest BCUT2D eigenvalue weighted by Crippen LogP contribution is 2.70. The van der Waals surface area contributed by atoms with E-state index in [0.29, 0.717) is 68.9 Å². The van der Waals surface area contributed by atoms with E-state index in [1.807, 2.05) is 18.3 Å². The molecule has 1 heterocycles. The second-order valence-electron chi connectivity index (χ2n) is 13.5. The highest BCUT2D eigenvalue weighted by atomic mass is 16.5. The summed E-state index contributed by atoms with van der Waals surface area (Å²) in [5.74, 6) is 1.48. The lowest BCUT2D eigenvalue weighted by molar-refractivity contribution is -0.237. The number of fused-ring (bicyclic) bond motifs is 5. The van der Waals surface area contributed by atoms with Gasteiger partial charge in [0, 0.05) is 29.5 Å². The predicted molar refractivity (Wildman–Crippen MR) is 156 cm³/mol. The summed E-state index contributed by atoms with van der Waals surface area (Å²) in [7, 11) is 4.74. The fraction of sp³-hybridized carbons (Fsp3) is 0.697. The van der Waals surface area contributed by atoms with E-state index in [1.54, 1.807) is 27.4 Å². The number of carbonyl (C=O) groups excluding carboxylic acids is 1. The second kappa shape index (κ2) is 10.5. The van der Waals surface area contributed by atoms with E-state index in [9.17, 15) is 20.1 Å². The van der Waals surface area contributed by atoms with Gasteiger partial charge in [0.1, 0.15) is 6.61 Å². The molecule has 0 saturated heterocycles. The molecule has 0 unspecified atom stereocenters. The summed E-state index contributed by atoms with van der Waals surface area (Å²) < 4.78 is 21.8. The van der Waals surface area contributed by atoms with Gasteiger partial charge in [-0.2, -0.15) is 0 Å². The summed E-state index contributed by atoms with van der Waals surface area (Å²) in [5, 5.41) is 35.5. The molecule has 42 heavy (non-hydrogen) atoms. The van der Waals surface area contributed by atoms with Gasteiger partial charge in [-0.25, -0.2) is 4.79 Å². The number of ether oxygens (including phenoxy) is 4. The molecule has 8 atom stereocenters. The Hall–Kier alpha value is -2.62. The Morgan fingerprint density at radius 1 is 0.976 bits per heavy atom. The molecule has 4 saturated carbocycles. The topological polar surface area (TPSA) is 127 Å². The first-order valence-corrected chi connectivity index (χ1v) is 15.3. The van der Waals surface area contributed by atoms with Crippen molar-refractivity contribution in [1.29, 1.82) is 0 Å². The molecular weight excluding hydrogens is 538 g/mol. The summed E-state index contributed by atoms with van der Waals surface area (Å²) in [4.78, 5) is 16.9. The van der Waals surface area contributed by atoms with Gasteiger partial charge in [0.05, 0.1) is 45.2 Å². The molecule has 0 radical (unpaired) electrons. The maximum atomic E-state index is 12.6. The van der Waals surface area contributed by atoms with Crippen LogP contribution in [0.3, 0.4) is 0 Å². The first kappa shape index (κ1) is 29.5. The largest absolute Gasteiger partial charge is 0.493 e. The Kier molecular flexibility index (Phi) is 7.38. The van der Waals surface area contributed by atoms with E-state index in [4.69, 9.17) is 23.9 Å². The third kappa shape index (κ3) is 4.21. The van der Waals surface area contributed by atoms with Crippen LogP contribution in [0.1, 0.15) is 70.3 Å². The van der Waals surface area contributed by atoms with Gasteiger partial charge in [0.2, 0.25) is 5.75 Å². The first-order valence-electron chi connectivity index (χ1n) is 15.3. The zero-order valence-corrected chi connectivity index (χ0v) is 25.2. The van der Waals surface area contributed by atoms with Crippen molar-refractivity contribution in [2.45, 2.75) is 88.6 Å².